The number of halogens is 1. The molecule has 2 aromatic carbocycles. The van der Waals surface area contributed by atoms with E-state index in [4.69, 9.17) is 14.5 Å². The fourth-order valence-electron chi connectivity index (χ4n) is 6.01. The van der Waals surface area contributed by atoms with E-state index in [0.717, 1.165) is 6.42 Å². The highest BCUT2D eigenvalue weighted by molar-refractivity contribution is 6.16. The first-order valence-corrected chi connectivity index (χ1v) is 13.8. The number of β-amino-alcohol motifs (C(OH)–C–C–N with tert-alkyl or cyclic N) is 1. The Morgan fingerprint density at radius 3 is 2.88 bits per heavy atom. The van der Waals surface area contributed by atoms with Gasteiger partial charge in [-0.1, -0.05) is 13.0 Å². The zero-order valence-corrected chi connectivity index (χ0v) is 22.7. The molecule has 1 aromatic heterocycles. The third kappa shape index (κ3) is 4.82. The van der Waals surface area contributed by atoms with Crippen LogP contribution in [0.5, 0.6) is 11.8 Å². The van der Waals surface area contributed by atoms with Gasteiger partial charge in [-0.15, -0.1) is 0 Å². The number of aliphatic hydroxyl groups is 1. The van der Waals surface area contributed by atoms with Crippen LogP contribution < -0.4 is 19.9 Å². The molecule has 0 spiro atoms. The number of aromatic hydroxyl groups is 1. The number of aliphatic hydroxyl groups excluding tert-OH is 1. The minimum absolute atomic E-state index is 0.0144. The highest BCUT2D eigenvalue weighted by Crippen LogP contribution is 2.41. The van der Waals surface area contributed by atoms with E-state index in [1.54, 1.807) is 12.1 Å². The Bertz CT molecular complexity index is 1460. The number of benzene rings is 2. The molecule has 6 rings (SSSR count). The molecule has 3 aromatic rings. The number of amides is 1. The topological polar surface area (TPSA) is 120 Å². The van der Waals surface area contributed by atoms with Crippen molar-refractivity contribution in [3.05, 3.63) is 46.9 Å². The van der Waals surface area contributed by atoms with Gasteiger partial charge in [0.25, 0.3) is 5.91 Å². The fraction of sp³-hybridized carbons (Fsp3) is 0.483. The maximum absolute atomic E-state index is 14.9. The standard InChI is InChI=1S/C29H34FN5O5/c1-3-20-21(30)6-5-17-11-18(36)12-23(24(17)20)35-15-22-25(27(35)38)26(34-7-4-9-39-10-8-34)33-28(32-22)40-16-29(2)13-19(37)14-31-29/h5-6,11-12,19,31,36-37H,3-4,7-10,13-16H2,1-2H3/t19-,29?/m1/s1. The molecule has 2 atom stereocenters. The lowest BCUT2D eigenvalue weighted by Crippen LogP contribution is -2.42. The van der Waals surface area contributed by atoms with Crippen LogP contribution in [0.25, 0.3) is 10.8 Å². The van der Waals surface area contributed by atoms with Gasteiger partial charge in [-0.05, 0) is 49.3 Å². The number of carbonyl (C=O) groups excluding carboxylic acids is 1. The number of hydrogen-bond acceptors (Lipinski definition) is 9. The Kier molecular flexibility index (Phi) is 6.97. The van der Waals surface area contributed by atoms with E-state index in [1.165, 1.54) is 17.0 Å². The van der Waals surface area contributed by atoms with Crippen molar-refractivity contribution < 1.29 is 28.9 Å². The number of ether oxygens (including phenoxy) is 2. The number of hydrogen-bond donors (Lipinski definition) is 3. The molecule has 212 valence electrons. The second-order valence-electron chi connectivity index (χ2n) is 11.0. The summed E-state index contributed by atoms with van der Waals surface area (Å²) in [6, 6.07) is 6.24. The Morgan fingerprint density at radius 2 is 2.10 bits per heavy atom. The van der Waals surface area contributed by atoms with Crippen LogP contribution in [0.15, 0.2) is 24.3 Å². The van der Waals surface area contributed by atoms with Crippen LogP contribution in [0.3, 0.4) is 0 Å². The smallest absolute Gasteiger partial charge is 0.318 e. The van der Waals surface area contributed by atoms with Crippen molar-refractivity contribution in [1.29, 1.82) is 0 Å². The number of fused-ring (bicyclic) bond motifs is 2. The predicted octanol–water partition coefficient (Wildman–Crippen LogP) is 2.92. The number of aryl methyl sites for hydroxylation is 1. The quantitative estimate of drug-likeness (QED) is 0.425. The zero-order valence-electron chi connectivity index (χ0n) is 22.7. The second kappa shape index (κ2) is 10.5. The molecule has 2 fully saturated rings. The summed E-state index contributed by atoms with van der Waals surface area (Å²) in [5.41, 5.74) is 1.36. The van der Waals surface area contributed by atoms with Gasteiger partial charge in [0, 0.05) is 37.7 Å². The Morgan fingerprint density at radius 1 is 1.25 bits per heavy atom. The van der Waals surface area contributed by atoms with Crippen molar-refractivity contribution in [2.24, 2.45) is 0 Å². The van der Waals surface area contributed by atoms with Crippen LogP contribution in [-0.2, 0) is 17.7 Å². The van der Waals surface area contributed by atoms with Gasteiger partial charge in [0.1, 0.15) is 29.6 Å². The van der Waals surface area contributed by atoms with E-state index >= 15 is 0 Å². The van der Waals surface area contributed by atoms with E-state index < -0.39 is 11.6 Å². The number of rotatable bonds is 6. The molecule has 1 unspecified atom stereocenters. The van der Waals surface area contributed by atoms with Crippen LogP contribution in [0, 0.1) is 5.82 Å². The summed E-state index contributed by atoms with van der Waals surface area (Å²) in [7, 11) is 0. The van der Waals surface area contributed by atoms with Crippen molar-refractivity contribution in [2.75, 3.05) is 49.3 Å². The zero-order chi connectivity index (χ0) is 28.0. The second-order valence-corrected chi connectivity index (χ2v) is 11.0. The molecular formula is C29H34FN5O5. The molecule has 0 radical (unpaired) electrons. The molecule has 0 bridgehead atoms. The van der Waals surface area contributed by atoms with Gasteiger partial charge in [-0.25, -0.2) is 4.39 Å². The maximum Gasteiger partial charge on any atom is 0.318 e. The van der Waals surface area contributed by atoms with Gasteiger partial charge in [0.15, 0.2) is 0 Å². The molecular weight excluding hydrogens is 517 g/mol. The van der Waals surface area contributed by atoms with Gasteiger partial charge >= 0.3 is 6.01 Å². The van der Waals surface area contributed by atoms with Crippen molar-refractivity contribution >= 4 is 28.2 Å². The highest BCUT2D eigenvalue weighted by Gasteiger charge is 2.39. The highest BCUT2D eigenvalue weighted by atomic mass is 19.1. The molecule has 3 aliphatic heterocycles. The first-order chi connectivity index (χ1) is 19.3. The largest absolute Gasteiger partial charge is 0.508 e. The lowest BCUT2D eigenvalue weighted by Gasteiger charge is -2.25. The Balaban J connectivity index is 1.42. The first-order valence-electron chi connectivity index (χ1n) is 13.8. The summed E-state index contributed by atoms with van der Waals surface area (Å²) in [5, 5.41) is 25.1. The lowest BCUT2D eigenvalue weighted by molar-refractivity contribution is 0.0996. The van der Waals surface area contributed by atoms with Gasteiger partial charge in [0.05, 0.1) is 36.2 Å². The summed E-state index contributed by atoms with van der Waals surface area (Å²) in [4.78, 5) is 27.0. The predicted molar refractivity (Wildman–Crippen MR) is 148 cm³/mol. The molecule has 4 heterocycles. The minimum Gasteiger partial charge on any atom is -0.508 e. The first kappa shape index (κ1) is 26.7. The Hall–Kier alpha value is -3.54. The molecule has 2 saturated heterocycles. The molecule has 0 saturated carbocycles. The maximum atomic E-state index is 14.9. The number of anilines is 2. The van der Waals surface area contributed by atoms with Gasteiger partial charge < -0.3 is 34.8 Å². The monoisotopic (exact) mass is 551 g/mol. The van der Waals surface area contributed by atoms with E-state index in [1.807, 2.05) is 18.7 Å². The summed E-state index contributed by atoms with van der Waals surface area (Å²) in [6.45, 7) is 7.05. The summed E-state index contributed by atoms with van der Waals surface area (Å²) in [5.74, 6) is -0.202. The van der Waals surface area contributed by atoms with Gasteiger partial charge in [-0.3, -0.25) is 4.79 Å². The molecule has 40 heavy (non-hydrogen) atoms. The molecule has 11 heteroatoms. The van der Waals surface area contributed by atoms with Crippen LogP contribution in [0.1, 0.15) is 48.3 Å². The van der Waals surface area contributed by atoms with Crippen molar-refractivity contribution in [2.45, 2.75) is 51.3 Å². The Labute approximate surface area is 231 Å². The normalized spacial score (nSPS) is 23.1. The van der Waals surface area contributed by atoms with E-state index in [0.29, 0.717) is 84.8 Å². The van der Waals surface area contributed by atoms with E-state index in [2.05, 4.69) is 10.3 Å². The van der Waals surface area contributed by atoms with Crippen molar-refractivity contribution in [1.82, 2.24) is 15.3 Å². The third-order valence-electron chi connectivity index (χ3n) is 7.98. The number of phenols is 1. The summed E-state index contributed by atoms with van der Waals surface area (Å²) < 4.78 is 26.6. The van der Waals surface area contributed by atoms with Gasteiger partial charge in [-0.2, -0.15) is 9.97 Å². The number of carbonyl (C=O) groups is 1. The van der Waals surface area contributed by atoms with Crippen molar-refractivity contribution in [3.8, 4) is 11.8 Å². The third-order valence-corrected chi connectivity index (χ3v) is 7.98. The molecule has 1 amide bonds. The van der Waals surface area contributed by atoms with Crippen LogP contribution in [0.4, 0.5) is 15.9 Å². The average molecular weight is 552 g/mol. The molecule has 3 N–H and O–H groups in total. The number of phenolic OH excluding ortho intramolecular Hbond substituents is 1. The number of nitrogens with zero attached hydrogens (tertiary/aromatic N) is 4. The lowest BCUT2D eigenvalue weighted by atomic mass is 9.99. The van der Waals surface area contributed by atoms with Crippen LogP contribution >= 0.6 is 0 Å². The fourth-order valence-corrected chi connectivity index (χ4v) is 6.01. The molecule has 10 nitrogen and oxygen atoms in total. The van der Waals surface area contributed by atoms with E-state index in [-0.39, 0.29) is 36.6 Å². The van der Waals surface area contributed by atoms with Crippen LogP contribution in [-0.4, -0.2) is 77.2 Å². The summed E-state index contributed by atoms with van der Waals surface area (Å²) in [6.07, 6.45) is 1.31. The molecule has 0 aliphatic carbocycles. The van der Waals surface area contributed by atoms with E-state index in [9.17, 15) is 19.4 Å². The number of aromatic nitrogens is 2. The summed E-state index contributed by atoms with van der Waals surface area (Å²) >= 11 is 0. The molecule has 3 aliphatic rings. The van der Waals surface area contributed by atoms with Crippen molar-refractivity contribution in [3.63, 3.8) is 0 Å². The van der Waals surface area contributed by atoms with Crippen LogP contribution in [0.2, 0.25) is 0 Å². The van der Waals surface area contributed by atoms with Gasteiger partial charge in [0.2, 0.25) is 0 Å². The number of nitrogens with one attached hydrogen (secondary N) is 1. The SMILES string of the molecule is CCc1c(F)ccc2cc(O)cc(N3Cc4nc(OCC5(C)C[C@@H](O)CN5)nc(N5CCCOCC5)c4C3=O)c12. The minimum atomic E-state index is -0.441. The average Bonchev–Trinajstić information content (AvgIpc) is 3.30.